The third-order valence-electron chi connectivity index (χ3n) is 2.34. The number of aromatic nitrogens is 1. The molecule has 0 aliphatic heterocycles. The molecule has 1 N–H and O–H groups in total. The molecule has 3 nitrogen and oxygen atoms in total. The average molecular weight is 241 g/mol. The molecule has 0 radical (unpaired) electrons. The summed E-state index contributed by atoms with van der Waals surface area (Å²) >= 11 is 5.79. The van der Waals surface area contributed by atoms with Crippen molar-refractivity contribution >= 4 is 17.5 Å². The minimum absolute atomic E-state index is 0.0900. The van der Waals surface area contributed by atoms with Crippen LogP contribution in [0, 0.1) is 12.3 Å². The van der Waals surface area contributed by atoms with E-state index in [0.717, 1.165) is 5.69 Å². The quantitative estimate of drug-likeness (QED) is 0.822. The third kappa shape index (κ3) is 3.49. The standard InChI is InChI=1S/C12H17ClN2O/c1-9-10(5-4-6-14-9)11(16)15-8-12(2,3)7-13/h4-6H,7-8H2,1-3H3,(H,15,16). The molecular weight excluding hydrogens is 224 g/mol. The van der Waals surface area contributed by atoms with Crippen LogP contribution < -0.4 is 5.32 Å². The molecule has 0 aromatic carbocycles. The topological polar surface area (TPSA) is 42.0 Å². The number of hydrogen-bond acceptors (Lipinski definition) is 2. The van der Waals surface area contributed by atoms with Gasteiger partial charge in [-0.05, 0) is 24.5 Å². The number of carbonyl (C=O) groups is 1. The minimum atomic E-state index is -0.0937. The maximum absolute atomic E-state index is 11.8. The number of rotatable bonds is 4. The van der Waals surface area contributed by atoms with E-state index in [9.17, 15) is 4.79 Å². The Morgan fingerprint density at radius 3 is 2.81 bits per heavy atom. The molecule has 0 atom stereocenters. The summed E-state index contributed by atoms with van der Waals surface area (Å²) in [5.74, 6) is 0.419. The van der Waals surface area contributed by atoms with Crippen molar-refractivity contribution in [2.45, 2.75) is 20.8 Å². The summed E-state index contributed by atoms with van der Waals surface area (Å²) in [7, 11) is 0. The van der Waals surface area contributed by atoms with Crippen LogP contribution >= 0.6 is 11.6 Å². The van der Waals surface area contributed by atoms with Gasteiger partial charge in [-0.1, -0.05) is 13.8 Å². The lowest BCUT2D eigenvalue weighted by Crippen LogP contribution is -2.35. The summed E-state index contributed by atoms with van der Waals surface area (Å²) in [5, 5.41) is 2.87. The molecule has 0 aliphatic carbocycles. The molecule has 1 heterocycles. The van der Waals surface area contributed by atoms with Crippen molar-refractivity contribution in [3.63, 3.8) is 0 Å². The number of pyridine rings is 1. The van der Waals surface area contributed by atoms with Crippen molar-refractivity contribution in [3.8, 4) is 0 Å². The predicted molar refractivity (Wildman–Crippen MR) is 65.8 cm³/mol. The fourth-order valence-corrected chi connectivity index (χ4v) is 1.28. The highest BCUT2D eigenvalue weighted by molar-refractivity contribution is 6.18. The van der Waals surface area contributed by atoms with Crippen molar-refractivity contribution in [1.82, 2.24) is 10.3 Å². The second-order valence-corrected chi connectivity index (χ2v) is 4.88. The van der Waals surface area contributed by atoms with Crippen LogP contribution in [0.5, 0.6) is 0 Å². The zero-order valence-corrected chi connectivity index (χ0v) is 10.6. The Hall–Kier alpha value is -1.09. The van der Waals surface area contributed by atoms with E-state index in [1.165, 1.54) is 0 Å². The lowest BCUT2D eigenvalue weighted by molar-refractivity contribution is 0.0939. The summed E-state index contributed by atoms with van der Waals surface area (Å²) in [5.41, 5.74) is 1.27. The first-order valence-electron chi connectivity index (χ1n) is 5.22. The molecule has 0 spiro atoms. The molecule has 0 saturated heterocycles. The Kier molecular flexibility index (Phi) is 4.30. The lowest BCUT2D eigenvalue weighted by Gasteiger charge is -2.21. The van der Waals surface area contributed by atoms with Gasteiger partial charge in [-0.3, -0.25) is 9.78 Å². The summed E-state index contributed by atoms with van der Waals surface area (Å²) in [6.07, 6.45) is 1.68. The van der Waals surface area contributed by atoms with Gasteiger partial charge in [-0.25, -0.2) is 0 Å². The second-order valence-electron chi connectivity index (χ2n) is 4.62. The van der Waals surface area contributed by atoms with Gasteiger partial charge in [0.05, 0.1) is 5.56 Å². The molecular formula is C12H17ClN2O. The maximum atomic E-state index is 11.8. The lowest BCUT2D eigenvalue weighted by atomic mass is 9.96. The Bertz CT molecular complexity index is 377. The number of nitrogens with one attached hydrogen (secondary N) is 1. The second kappa shape index (κ2) is 5.30. The molecule has 88 valence electrons. The summed E-state index contributed by atoms with van der Waals surface area (Å²) in [6.45, 7) is 6.40. The normalized spacial score (nSPS) is 11.2. The van der Waals surface area contributed by atoms with E-state index in [2.05, 4.69) is 10.3 Å². The van der Waals surface area contributed by atoms with Gasteiger partial charge in [-0.2, -0.15) is 0 Å². The molecule has 1 aromatic rings. The molecule has 1 amide bonds. The highest BCUT2D eigenvalue weighted by Crippen LogP contribution is 2.15. The van der Waals surface area contributed by atoms with E-state index < -0.39 is 0 Å². The largest absolute Gasteiger partial charge is 0.351 e. The van der Waals surface area contributed by atoms with Crippen molar-refractivity contribution < 1.29 is 4.79 Å². The van der Waals surface area contributed by atoms with Gasteiger partial charge in [0.2, 0.25) is 0 Å². The Morgan fingerprint density at radius 2 is 2.25 bits per heavy atom. The summed E-state index contributed by atoms with van der Waals surface area (Å²) in [4.78, 5) is 15.9. The number of amides is 1. The highest BCUT2D eigenvalue weighted by atomic mass is 35.5. The number of halogens is 1. The van der Waals surface area contributed by atoms with Gasteiger partial charge in [0.15, 0.2) is 0 Å². The van der Waals surface area contributed by atoms with Crippen molar-refractivity contribution in [3.05, 3.63) is 29.6 Å². The van der Waals surface area contributed by atoms with Crippen molar-refractivity contribution in [2.75, 3.05) is 12.4 Å². The van der Waals surface area contributed by atoms with Gasteiger partial charge < -0.3 is 5.32 Å². The van der Waals surface area contributed by atoms with E-state index >= 15 is 0 Å². The smallest absolute Gasteiger partial charge is 0.253 e. The molecule has 1 rings (SSSR count). The molecule has 0 bridgehead atoms. The van der Waals surface area contributed by atoms with E-state index in [0.29, 0.717) is 18.0 Å². The number of alkyl halides is 1. The fourth-order valence-electron chi connectivity index (χ4n) is 1.19. The van der Waals surface area contributed by atoms with Crippen LogP contribution in [0.4, 0.5) is 0 Å². The van der Waals surface area contributed by atoms with Crippen LogP contribution in [0.1, 0.15) is 29.9 Å². The first kappa shape index (κ1) is 13.0. The van der Waals surface area contributed by atoms with E-state index in [-0.39, 0.29) is 11.3 Å². The molecule has 1 aromatic heterocycles. The first-order chi connectivity index (χ1) is 7.46. The molecule has 4 heteroatoms. The van der Waals surface area contributed by atoms with Gasteiger partial charge >= 0.3 is 0 Å². The van der Waals surface area contributed by atoms with Crippen LogP contribution in [0.3, 0.4) is 0 Å². The minimum Gasteiger partial charge on any atom is -0.351 e. The number of carbonyl (C=O) groups excluding carboxylic acids is 1. The first-order valence-corrected chi connectivity index (χ1v) is 5.75. The van der Waals surface area contributed by atoms with E-state index in [1.54, 1.807) is 18.3 Å². The van der Waals surface area contributed by atoms with Gasteiger partial charge in [0, 0.05) is 24.3 Å². The van der Waals surface area contributed by atoms with E-state index in [4.69, 9.17) is 11.6 Å². The highest BCUT2D eigenvalue weighted by Gasteiger charge is 2.18. The maximum Gasteiger partial charge on any atom is 0.253 e. The Morgan fingerprint density at radius 1 is 1.56 bits per heavy atom. The molecule has 0 unspecified atom stereocenters. The van der Waals surface area contributed by atoms with Crippen LogP contribution in [0.25, 0.3) is 0 Å². The van der Waals surface area contributed by atoms with E-state index in [1.807, 2.05) is 20.8 Å². The Labute approximate surface area is 101 Å². The summed E-state index contributed by atoms with van der Waals surface area (Å²) < 4.78 is 0. The average Bonchev–Trinajstić information content (AvgIpc) is 2.27. The molecule has 0 saturated carbocycles. The van der Waals surface area contributed by atoms with Gasteiger partial charge in [-0.15, -0.1) is 11.6 Å². The van der Waals surface area contributed by atoms with Crippen molar-refractivity contribution in [2.24, 2.45) is 5.41 Å². The third-order valence-corrected chi connectivity index (χ3v) is 3.06. The number of aryl methyl sites for hydroxylation is 1. The monoisotopic (exact) mass is 240 g/mol. The molecule has 0 aliphatic rings. The van der Waals surface area contributed by atoms with Crippen LogP contribution in [-0.4, -0.2) is 23.3 Å². The number of hydrogen-bond donors (Lipinski definition) is 1. The van der Waals surface area contributed by atoms with Crippen LogP contribution in [0.2, 0.25) is 0 Å². The van der Waals surface area contributed by atoms with Gasteiger partial charge in [0.25, 0.3) is 5.91 Å². The van der Waals surface area contributed by atoms with Crippen molar-refractivity contribution in [1.29, 1.82) is 0 Å². The molecule has 0 fully saturated rings. The Balaban J connectivity index is 2.64. The van der Waals surface area contributed by atoms with Crippen LogP contribution in [-0.2, 0) is 0 Å². The zero-order chi connectivity index (χ0) is 12.2. The SMILES string of the molecule is Cc1ncccc1C(=O)NCC(C)(C)CCl. The van der Waals surface area contributed by atoms with Gasteiger partial charge in [0.1, 0.15) is 0 Å². The number of nitrogens with zero attached hydrogens (tertiary/aromatic N) is 1. The molecule has 16 heavy (non-hydrogen) atoms. The fraction of sp³-hybridized carbons (Fsp3) is 0.500. The van der Waals surface area contributed by atoms with Crippen LogP contribution in [0.15, 0.2) is 18.3 Å². The summed E-state index contributed by atoms with van der Waals surface area (Å²) in [6, 6.07) is 3.53. The zero-order valence-electron chi connectivity index (χ0n) is 9.88. The predicted octanol–water partition coefficient (Wildman–Crippen LogP) is 2.38.